The molecule has 0 bridgehead atoms. The van der Waals surface area contributed by atoms with Gasteiger partial charge in [-0.3, -0.25) is 15.5 Å². The molecule has 2 aromatic carbocycles. The molecule has 0 aliphatic carbocycles. The maximum Gasteiger partial charge on any atom is 0.270 e. The summed E-state index contributed by atoms with van der Waals surface area (Å²) >= 11 is 1.39. The maximum atomic E-state index is 10.9. The van der Waals surface area contributed by atoms with Gasteiger partial charge in [-0.05, 0) is 17.5 Å². The lowest BCUT2D eigenvalue weighted by Gasteiger charge is -1.98. The van der Waals surface area contributed by atoms with Gasteiger partial charge in [-0.15, -0.1) is 11.3 Å². The van der Waals surface area contributed by atoms with Gasteiger partial charge in [0.2, 0.25) is 5.13 Å². The van der Waals surface area contributed by atoms with E-state index in [-0.39, 0.29) is 5.69 Å². The number of thiazole rings is 1. The largest absolute Gasteiger partial charge is 0.270 e. The zero-order chi connectivity index (χ0) is 17.6. The number of nitro benzene ring substituents is 1. The second-order valence-electron chi connectivity index (χ2n) is 5.31. The van der Waals surface area contributed by atoms with Crippen LogP contribution in [0.3, 0.4) is 0 Å². The number of hydrogen-bond donors (Lipinski definition) is 1. The molecule has 3 aromatic rings. The molecule has 7 heteroatoms. The fourth-order valence-electron chi connectivity index (χ4n) is 2.24. The van der Waals surface area contributed by atoms with Crippen LogP contribution in [-0.4, -0.2) is 16.1 Å². The molecule has 1 N–H and O–H groups in total. The summed E-state index contributed by atoms with van der Waals surface area (Å²) in [6.07, 6.45) is 2.74. The van der Waals surface area contributed by atoms with E-state index in [0.29, 0.717) is 16.4 Å². The van der Waals surface area contributed by atoms with Crippen molar-refractivity contribution in [3.8, 4) is 11.3 Å². The Balaban J connectivity index is 1.68. The first-order chi connectivity index (χ1) is 12.2. The predicted molar refractivity (Wildman–Crippen MR) is 101 cm³/mol. The summed E-state index contributed by atoms with van der Waals surface area (Å²) in [6.45, 7) is 2.12. The van der Waals surface area contributed by atoms with Gasteiger partial charge in [0.05, 0.1) is 16.8 Å². The van der Waals surface area contributed by atoms with E-state index in [1.54, 1.807) is 18.3 Å². The quantitative estimate of drug-likeness (QED) is 0.395. The summed E-state index contributed by atoms with van der Waals surface area (Å²) in [7, 11) is 0. The number of nitrogens with zero attached hydrogens (tertiary/aromatic N) is 3. The van der Waals surface area contributed by atoms with Gasteiger partial charge < -0.3 is 0 Å². The van der Waals surface area contributed by atoms with E-state index >= 15 is 0 Å². The van der Waals surface area contributed by atoms with Crippen LogP contribution in [-0.2, 0) is 6.42 Å². The van der Waals surface area contributed by atoms with E-state index in [1.165, 1.54) is 29.0 Å². The second kappa shape index (κ2) is 7.67. The van der Waals surface area contributed by atoms with E-state index in [1.807, 2.05) is 17.5 Å². The van der Waals surface area contributed by atoms with E-state index < -0.39 is 4.92 Å². The third-order valence-electron chi connectivity index (χ3n) is 3.62. The van der Waals surface area contributed by atoms with Gasteiger partial charge in [-0.1, -0.05) is 43.3 Å². The van der Waals surface area contributed by atoms with Crippen molar-refractivity contribution < 1.29 is 4.92 Å². The molecule has 126 valence electrons. The smallest absolute Gasteiger partial charge is 0.258 e. The molecule has 0 fully saturated rings. The fourth-order valence-corrected chi connectivity index (χ4v) is 2.91. The van der Waals surface area contributed by atoms with E-state index in [4.69, 9.17) is 0 Å². The van der Waals surface area contributed by atoms with Crippen LogP contribution in [0.2, 0.25) is 0 Å². The predicted octanol–water partition coefficient (Wildman–Crippen LogP) is 4.73. The Morgan fingerprint density at radius 1 is 1.28 bits per heavy atom. The zero-order valence-electron chi connectivity index (χ0n) is 13.5. The van der Waals surface area contributed by atoms with E-state index in [0.717, 1.165) is 12.0 Å². The molecule has 0 amide bonds. The first-order valence-corrected chi connectivity index (χ1v) is 8.62. The van der Waals surface area contributed by atoms with Crippen molar-refractivity contribution in [3.63, 3.8) is 0 Å². The third-order valence-corrected chi connectivity index (χ3v) is 4.37. The Kier molecular flexibility index (Phi) is 5.15. The number of hydrogen-bond acceptors (Lipinski definition) is 6. The molecule has 1 aromatic heterocycles. The van der Waals surface area contributed by atoms with Crippen molar-refractivity contribution in [3.05, 3.63) is 75.2 Å². The molecule has 0 saturated heterocycles. The van der Waals surface area contributed by atoms with Crippen molar-refractivity contribution in [2.24, 2.45) is 5.10 Å². The molecule has 25 heavy (non-hydrogen) atoms. The first kappa shape index (κ1) is 16.8. The van der Waals surface area contributed by atoms with Gasteiger partial charge in [-0.25, -0.2) is 4.98 Å². The third kappa shape index (κ3) is 4.27. The number of rotatable bonds is 6. The standard InChI is InChI=1S/C18H16N4O2S/c1-2-13-6-8-14(9-7-13)11-19-21-18-20-17(12-25-18)15-4-3-5-16(10-15)22(23)24/h3-12H,2H2,1H3,(H,20,21)/b19-11-. The highest BCUT2D eigenvalue weighted by Crippen LogP contribution is 2.27. The molecular formula is C18H16N4O2S. The van der Waals surface area contributed by atoms with Crippen LogP contribution in [0.4, 0.5) is 10.8 Å². The monoisotopic (exact) mass is 352 g/mol. The van der Waals surface area contributed by atoms with Gasteiger partial charge in [0.15, 0.2) is 0 Å². The number of non-ortho nitro benzene ring substituents is 1. The molecule has 0 spiro atoms. The van der Waals surface area contributed by atoms with Gasteiger partial charge >= 0.3 is 0 Å². The van der Waals surface area contributed by atoms with Crippen LogP contribution in [0.5, 0.6) is 0 Å². The number of hydrazone groups is 1. The van der Waals surface area contributed by atoms with Gasteiger partial charge in [0.25, 0.3) is 5.69 Å². The van der Waals surface area contributed by atoms with Gasteiger partial charge in [0.1, 0.15) is 0 Å². The van der Waals surface area contributed by atoms with E-state index in [2.05, 4.69) is 34.6 Å². The Morgan fingerprint density at radius 3 is 2.80 bits per heavy atom. The van der Waals surface area contributed by atoms with E-state index in [9.17, 15) is 10.1 Å². The molecule has 0 saturated carbocycles. The molecular weight excluding hydrogens is 336 g/mol. The molecule has 3 rings (SSSR count). The number of aryl methyl sites for hydroxylation is 1. The van der Waals surface area contributed by atoms with Crippen LogP contribution in [0, 0.1) is 10.1 Å². The molecule has 6 nitrogen and oxygen atoms in total. The molecule has 0 unspecified atom stereocenters. The number of anilines is 1. The minimum absolute atomic E-state index is 0.0496. The SMILES string of the molecule is CCc1ccc(/C=N\Nc2nc(-c3cccc([N+](=O)[O-])c3)cs2)cc1. The fraction of sp³-hybridized carbons (Fsp3) is 0.111. The van der Waals surface area contributed by atoms with Crippen LogP contribution in [0.25, 0.3) is 11.3 Å². The number of aromatic nitrogens is 1. The Morgan fingerprint density at radius 2 is 2.08 bits per heavy atom. The Bertz CT molecular complexity index is 903. The molecule has 0 atom stereocenters. The van der Waals surface area contributed by atoms with Crippen molar-refractivity contribution in [1.29, 1.82) is 0 Å². The minimum atomic E-state index is -0.414. The molecule has 0 aliphatic heterocycles. The minimum Gasteiger partial charge on any atom is -0.258 e. The van der Waals surface area contributed by atoms with Crippen LogP contribution in [0.15, 0.2) is 59.0 Å². The highest BCUT2D eigenvalue weighted by Gasteiger charge is 2.09. The van der Waals surface area contributed by atoms with Crippen LogP contribution < -0.4 is 5.43 Å². The van der Waals surface area contributed by atoms with Crippen molar-refractivity contribution in [2.45, 2.75) is 13.3 Å². The highest BCUT2D eigenvalue weighted by molar-refractivity contribution is 7.14. The lowest BCUT2D eigenvalue weighted by Crippen LogP contribution is -1.91. The summed E-state index contributed by atoms with van der Waals surface area (Å²) in [5, 5.41) is 17.5. The highest BCUT2D eigenvalue weighted by atomic mass is 32.1. The first-order valence-electron chi connectivity index (χ1n) is 7.74. The van der Waals surface area contributed by atoms with Crippen molar-refractivity contribution in [2.75, 3.05) is 5.43 Å². The van der Waals surface area contributed by atoms with Gasteiger partial charge in [0, 0.05) is 23.1 Å². The summed E-state index contributed by atoms with van der Waals surface area (Å²) in [5.41, 5.74) is 6.61. The maximum absolute atomic E-state index is 10.9. The summed E-state index contributed by atoms with van der Waals surface area (Å²) in [4.78, 5) is 14.9. The summed E-state index contributed by atoms with van der Waals surface area (Å²) in [5.74, 6) is 0. The molecule has 1 heterocycles. The normalized spacial score (nSPS) is 10.9. The molecule has 0 aliphatic rings. The van der Waals surface area contributed by atoms with Crippen molar-refractivity contribution in [1.82, 2.24) is 4.98 Å². The van der Waals surface area contributed by atoms with Gasteiger partial charge in [-0.2, -0.15) is 5.10 Å². The number of nitro groups is 1. The summed E-state index contributed by atoms with van der Waals surface area (Å²) < 4.78 is 0. The topological polar surface area (TPSA) is 80.4 Å². The Hall–Kier alpha value is -3.06. The zero-order valence-corrected chi connectivity index (χ0v) is 14.4. The van der Waals surface area contributed by atoms with Crippen molar-refractivity contribution >= 4 is 28.4 Å². The second-order valence-corrected chi connectivity index (χ2v) is 6.17. The Labute approximate surface area is 149 Å². The van der Waals surface area contributed by atoms with Crippen LogP contribution >= 0.6 is 11.3 Å². The summed E-state index contributed by atoms with van der Waals surface area (Å²) in [6, 6.07) is 14.6. The molecule has 0 radical (unpaired) electrons. The lowest BCUT2D eigenvalue weighted by molar-refractivity contribution is -0.384. The number of nitrogens with one attached hydrogen (secondary N) is 1. The van der Waals surface area contributed by atoms with Crippen LogP contribution in [0.1, 0.15) is 18.1 Å². The average Bonchev–Trinajstić information content (AvgIpc) is 3.11. The lowest BCUT2D eigenvalue weighted by atomic mass is 10.1. The number of benzene rings is 2. The average molecular weight is 352 g/mol.